The Hall–Kier alpha value is -1.46. The average Bonchev–Trinajstić information content (AvgIpc) is 3.37. The molecule has 1 atom stereocenters. The van der Waals surface area contributed by atoms with Gasteiger partial charge in [-0.1, -0.05) is 25.4 Å². The van der Waals surface area contributed by atoms with Crippen LogP contribution < -0.4 is 20.5 Å². The van der Waals surface area contributed by atoms with E-state index in [1.807, 2.05) is 0 Å². The summed E-state index contributed by atoms with van der Waals surface area (Å²) in [5.41, 5.74) is 6.19. The Morgan fingerprint density at radius 2 is 2.12 bits per heavy atom. The van der Waals surface area contributed by atoms with Gasteiger partial charge in [0.2, 0.25) is 0 Å². The molecule has 2 rings (SSSR count). The highest BCUT2D eigenvalue weighted by atomic mass is 35.5. The summed E-state index contributed by atoms with van der Waals surface area (Å²) >= 11 is 6.31. The second-order valence-corrected chi connectivity index (χ2v) is 7.08. The number of halogens is 1. The third-order valence-corrected chi connectivity index (χ3v) is 4.48. The van der Waals surface area contributed by atoms with E-state index in [0.29, 0.717) is 47.1 Å². The van der Waals surface area contributed by atoms with Crippen LogP contribution in [-0.2, 0) is 0 Å². The van der Waals surface area contributed by atoms with Crippen molar-refractivity contribution in [1.29, 1.82) is 0 Å². The van der Waals surface area contributed by atoms with Crippen molar-refractivity contribution in [3.63, 3.8) is 0 Å². The lowest BCUT2D eigenvalue weighted by Crippen LogP contribution is -2.41. The normalized spacial score (nSPS) is 15.2. The third-order valence-electron chi connectivity index (χ3n) is 4.19. The number of benzene rings is 1. The van der Waals surface area contributed by atoms with E-state index in [1.165, 1.54) is 7.11 Å². The molecule has 1 aliphatic rings. The molecule has 0 saturated heterocycles. The molecule has 1 aromatic carbocycles. The van der Waals surface area contributed by atoms with Crippen molar-refractivity contribution in [3.05, 3.63) is 22.7 Å². The highest BCUT2D eigenvalue weighted by Crippen LogP contribution is 2.37. The number of amides is 1. The van der Waals surface area contributed by atoms with Crippen LogP contribution in [0.4, 0.5) is 0 Å². The molecule has 24 heavy (non-hydrogen) atoms. The SMILES string of the molecule is COc1cc(C(=O)NC(CN)C2CC2)cc(Cl)c1OCCC(C)C. The molecule has 1 aromatic rings. The van der Waals surface area contributed by atoms with Gasteiger partial charge in [0, 0.05) is 18.2 Å². The predicted molar refractivity (Wildman–Crippen MR) is 96.0 cm³/mol. The largest absolute Gasteiger partial charge is 0.493 e. The molecular weight excluding hydrogens is 328 g/mol. The van der Waals surface area contributed by atoms with Gasteiger partial charge in [-0.25, -0.2) is 0 Å². The average molecular weight is 355 g/mol. The van der Waals surface area contributed by atoms with Gasteiger partial charge in [-0.2, -0.15) is 0 Å². The van der Waals surface area contributed by atoms with Crippen molar-refractivity contribution in [2.24, 2.45) is 17.6 Å². The lowest BCUT2D eigenvalue weighted by Gasteiger charge is -2.18. The summed E-state index contributed by atoms with van der Waals surface area (Å²) in [6.07, 6.45) is 3.16. The molecule has 0 heterocycles. The van der Waals surface area contributed by atoms with Crippen molar-refractivity contribution in [1.82, 2.24) is 5.32 Å². The summed E-state index contributed by atoms with van der Waals surface area (Å²) in [5.74, 6) is 1.79. The summed E-state index contributed by atoms with van der Waals surface area (Å²) in [6.45, 7) is 5.25. The number of nitrogens with two attached hydrogens (primary N) is 1. The van der Waals surface area contributed by atoms with Gasteiger partial charge in [0.15, 0.2) is 11.5 Å². The Labute approximate surface area is 148 Å². The molecule has 1 saturated carbocycles. The Bertz CT molecular complexity index is 574. The first-order valence-electron chi connectivity index (χ1n) is 8.47. The molecule has 1 aliphatic carbocycles. The Kier molecular flexibility index (Phi) is 6.75. The van der Waals surface area contributed by atoms with Crippen LogP contribution in [0.25, 0.3) is 0 Å². The second-order valence-electron chi connectivity index (χ2n) is 6.67. The van der Waals surface area contributed by atoms with E-state index in [9.17, 15) is 4.79 Å². The number of carbonyl (C=O) groups is 1. The zero-order valence-electron chi connectivity index (χ0n) is 14.6. The molecule has 0 bridgehead atoms. The van der Waals surface area contributed by atoms with Crippen molar-refractivity contribution in [2.75, 3.05) is 20.3 Å². The van der Waals surface area contributed by atoms with Crippen molar-refractivity contribution in [3.8, 4) is 11.5 Å². The van der Waals surface area contributed by atoms with E-state index >= 15 is 0 Å². The predicted octanol–water partition coefficient (Wildman–Crippen LogP) is 3.24. The maximum Gasteiger partial charge on any atom is 0.251 e. The third kappa shape index (κ3) is 5.02. The summed E-state index contributed by atoms with van der Waals surface area (Å²) in [4.78, 5) is 12.5. The molecule has 1 amide bonds. The zero-order valence-corrected chi connectivity index (χ0v) is 15.4. The fourth-order valence-corrected chi connectivity index (χ4v) is 2.77. The maximum atomic E-state index is 12.5. The van der Waals surface area contributed by atoms with E-state index in [1.54, 1.807) is 12.1 Å². The van der Waals surface area contributed by atoms with E-state index < -0.39 is 0 Å². The van der Waals surface area contributed by atoms with Gasteiger partial charge in [0.1, 0.15) is 0 Å². The van der Waals surface area contributed by atoms with Gasteiger partial charge in [0.25, 0.3) is 5.91 Å². The van der Waals surface area contributed by atoms with Crippen LogP contribution in [0.1, 0.15) is 43.5 Å². The molecule has 134 valence electrons. The van der Waals surface area contributed by atoms with E-state index in [-0.39, 0.29) is 11.9 Å². The monoisotopic (exact) mass is 354 g/mol. The van der Waals surface area contributed by atoms with Crippen LogP contribution >= 0.6 is 11.6 Å². The Morgan fingerprint density at radius 3 is 2.67 bits per heavy atom. The molecule has 0 aliphatic heterocycles. The molecule has 1 unspecified atom stereocenters. The fourth-order valence-electron chi connectivity index (χ4n) is 2.51. The van der Waals surface area contributed by atoms with Crippen LogP contribution in [0.5, 0.6) is 11.5 Å². The molecule has 0 aromatic heterocycles. The summed E-state index contributed by atoms with van der Waals surface area (Å²) in [7, 11) is 1.54. The first-order valence-corrected chi connectivity index (χ1v) is 8.85. The lowest BCUT2D eigenvalue weighted by atomic mass is 10.1. The lowest BCUT2D eigenvalue weighted by molar-refractivity contribution is 0.0933. The topological polar surface area (TPSA) is 73.6 Å². The Balaban J connectivity index is 2.10. The van der Waals surface area contributed by atoms with E-state index in [0.717, 1.165) is 19.3 Å². The van der Waals surface area contributed by atoms with Gasteiger partial charge in [0.05, 0.1) is 18.7 Å². The molecular formula is C18H27ClN2O3. The smallest absolute Gasteiger partial charge is 0.251 e. The highest BCUT2D eigenvalue weighted by Gasteiger charge is 2.31. The number of carbonyl (C=O) groups excluding carboxylic acids is 1. The van der Waals surface area contributed by atoms with Crippen molar-refractivity contribution >= 4 is 17.5 Å². The van der Waals surface area contributed by atoms with Gasteiger partial charge in [-0.05, 0) is 43.2 Å². The standard InChI is InChI=1S/C18H27ClN2O3/c1-11(2)6-7-24-17-14(19)8-13(9-16(17)23-3)18(22)21-15(10-20)12-4-5-12/h8-9,11-12,15H,4-7,10,20H2,1-3H3,(H,21,22). The maximum absolute atomic E-state index is 12.5. The molecule has 1 fully saturated rings. The minimum absolute atomic E-state index is 0.0178. The number of hydrogen-bond acceptors (Lipinski definition) is 4. The van der Waals surface area contributed by atoms with Crippen LogP contribution in [0.15, 0.2) is 12.1 Å². The van der Waals surface area contributed by atoms with Gasteiger partial charge in [-0.15, -0.1) is 0 Å². The van der Waals surface area contributed by atoms with Gasteiger partial charge in [-0.3, -0.25) is 4.79 Å². The van der Waals surface area contributed by atoms with Crippen LogP contribution in [0.2, 0.25) is 5.02 Å². The molecule has 0 spiro atoms. The highest BCUT2D eigenvalue weighted by molar-refractivity contribution is 6.32. The first-order chi connectivity index (χ1) is 11.5. The fraction of sp³-hybridized carbons (Fsp3) is 0.611. The van der Waals surface area contributed by atoms with Crippen molar-refractivity contribution in [2.45, 2.75) is 39.2 Å². The number of rotatable bonds is 9. The van der Waals surface area contributed by atoms with Crippen LogP contribution in [0.3, 0.4) is 0 Å². The summed E-state index contributed by atoms with van der Waals surface area (Å²) in [5, 5.41) is 3.36. The summed E-state index contributed by atoms with van der Waals surface area (Å²) < 4.78 is 11.1. The van der Waals surface area contributed by atoms with Gasteiger partial charge < -0.3 is 20.5 Å². The zero-order chi connectivity index (χ0) is 17.7. The molecule has 5 nitrogen and oxygen atoms in total. The number of ether oxygens (including phenoxy) is 2. The van der Waals surface area contributed by atoms with Crippen LogP contribution in [0, 0.1) is 11.8 Å². The van der Waals surface area contributed by atoms with Crippen molar-refractivity contribution < 1.29 is 14.3 Å². The van der Waals surface area contributed by atoms with Crippen LogP contribution in [-0.4, -0.2) is 32.2 Å². The number of nitrogens with one attached hydrogen (secondary N) is 1. The summed E-state index contributed by atoms with van der Waals surface area (Å²) in [6, 6.07) is 3.29. The van der Waals surface area contributed by atoms with E-state index in [2.05, 4.69) is 19.2 Å². The first kappa shape index (κ1) is 18.9. The van der Waals surface area contributed by atoms with Gasteiger partial charge >= 0.3 is 0 Å². The molecule has 6 heteroatoms. The minimum atomic E-state index is -0.189. The van der Waals surface area contributed by atoms with E-state index in [4.69, 9.17) is 26.8 Å². The number of methoxy groups -OCH3 is 1. The molecule has 3 N–H and O–H groups in total. The Morgan fingerprint density at radius 1 is 1.42 bits per heavy atom. The second kappa shape index (κ2) is 8.58. The minimum Gasteiger partial charge on any atom is -0.493 e. The molecule has 0 radical (unpaired) electrons. The quantitative estimate of drug-likeness (QED) is 0.714. The number of hydrogen-bond donors (Lipinski definition) is 2.